The monoisotopic (exact) mass is 307 g/mol. The van der Waals surface area contributed by atoms with E-state index in [9.17, 15) is 4.79 Å². The fourth-order valence-electron chi connectivity index (χ4n) is 2.19. The molecule has 4 heteroatoms. The molecule has 0 aliphatic carbocycles. The summed E-state index contributed by atoms with van der Waals surface area (Å²) in [6.07, 6.45) is 0. The van der Waals surface area contributed by atoms with E-state index in [2.05, 4.69) is 31.4 Å². The molecule has 2 aromatic rings. The van der Waals surface area contributed by atoms with Crippen molar-refractivity contribution in [2.45, 2.75) is 33.2 Å². The number of hydrogen-bond donors (Lipinski definition) is 2. The second kappa shape index (κ2) is 6.53. The van der Waals surface area contributed by atoms with Gasteiger partial charge in [-0.25, -0.2) is 0 Å². The van der Waals surface area contributed by atoms with Crippen molar-refractivity contribution >= 4 is 17.3 Å². The highest BCUT2D eigenvalue weighted by molar-refractivity contribution is 6.04. The molecule has 0 aliphatic rings. The fourth-order valence-corrected chi connectivity index (χ4v) is 2.19. The molecule has 2 N–H and O–H groups in total. The topological polar surface area (TPSA) is 64.9 Å². The van der Waals surface area contributed by atoms with Crippen molar-refractivity contribution in [2.75, 3.05) is 10.6 Å². The van der Waals surface area contributed by atoms with Crippen LogP contribution in [-0.4, -0.2) is 11.4 Å². The van der Waals surface area contributed by atoms with Gasteiger partial charge in [0.05, 0.1) is 11.6 Å². The summed E-state index contributed by atoms with van der Waals surface area (Å²) in [4.78, 5) is 12.2. The molecule has 0 aliphatic heterocycles. The Morgan fingerprint density at radius 1 is 1.09 bits per heavy atom. The van der Waals surface area contributed by atoms with Crippen molar-refractivity contribution in [1.82, 2.24) is 0 Å². The zero-order chi connectivity index (χ0) is 17.0. The van der Waals surface area contributed by atoms with Gasteiger partial charge in [-0.3, -0.25) is 4.79 Å². The summed E-state index contributed by atoms with van der Waals surface area (Å²) in [5, 5.41) is 15.1. The van der Waals surface area contributed by atoms with Gasteiger partial charge in [-0.15, -0.1) is 0 Å². The van der Waals surface area contributed by atoms with Crippen LogP contribution in [0.2, 0.25) is 0 Å². The van der Waals surface area contributed by atoms with Crippen LogP contribution in [0.4, 0.5) is 11.4 Å². The van der Waals surface area contributed by atoms with Crippen molar-refractivity contribution in [1.29, 1.82) is 5.26 Å². The van der Waals surface area contributed by atoms with Gasteiger partial charge in [-0.1, -0.05) is 0 Å². The van der Waals surface area contributed by atoms with Crippen LogP contribution in [0.1, 0.15) is 42.3 Å². The molecule has 0 spiro atoms. The lowest BCUT2D eigenvalue weighted by Crippen LogP contribution is -2.26. The summed E-state index contributed by atoms with van der Waals surface area (Å²) in [5.74, 6) is -0.189. The third kappa shape index (κ3) is 4.58. The summed E-state index contributed by atoms with van der Waals surface area (Å²) < 4.78 is 0. The average molecular weight is 307 g/mol. The summed E-state index contributed by atoms with van der Waals surface area (Å²) in [6, 6.07) is 14.4. The Kier molecular flexibility index (Phi) is 4.71. The number of nitrogens with zero attached hydrogens (tertiary/aromatic N) is 1. The number of hydrogen-bond acceptors (Lipinski definition) is 3. The van der Waals surface area contributed by atoms with Crippen LogP contribution in [0.15, 0.2) is 42.5 Å². The van der Waals surface area contributed by atoms with E-state index in [1.807, 2.05) is 31.2 Å². The highest BCUT2D eigenvalue weighted by Crippen LogP contribution is 2.23. The molecule has 0 aromatic heterocycles. The van der Waals surface area contributed by atoms with Gasteiger partial charge in [-0.2, -0.15) is 5.26 Å². The van der Waals surface area contributed by atoms with E-state index in [4.69, 9.17) is 5.26 Å². The molecule has 0 bridgehead atoms. The third-order valence-electron chi connectivity index (χ3n) is 3.27. The number of nitrogens with one attached hydrogen (secondary N) is 2. The van der Waals surface area contributed by atoms with Crippen LogP contribution in [0, 0.1) is 18.3 Å². The largest absolute Gasteiger partial charge is 0.380 e. The lowest BCUT2D eigenvalue weighted by Gasteiger charge is -2.23. The van der Waals surface area contributed by atoms with E-state index < -0.39 is 0 Å². The maximum Gasteiger partial charge on any atom is 0.255 e. The van der Waals surface area contributed by atoms with Crippen molar-refractivity contribution in [3.63, 3.8) is 0 Å². The van der Waals surface area contributed by atoms with Crippen LogP contribution in [-0.2, 0) is 0 Å². The molecule has 23 heavy (non-hydrogen) atoms. The number of carbonyl (C=O) groups is 1. The first-order valence-corrected chi connectivity index (χ1v) is 7.49. The molecule has 1 amide bonds. The number of anilines is 2. The summed E-state index contributed by atoms with van der Waals surface area (Å²) in [6.45, 7) is 8.32. The lowest BCUT2D eigenvalue weighted by molar-refractivity contribution is 0.102. The maximum absolute atomic E-state index is 12.2. The van der Waals surface area contributed by atoms with Gasteiger partial charge >= 0.3 is 0 Å². The molecule has 0 heterocycles. The zero-order valence-corrected chi connectivity index (χ0v) is 13.9. The molecule has 4 nitrogen and oxygen atoms in total. The Morgan fingerprint density at radius 2 is 1.74 bits per heavy atom. The van der Waals surface area contributed by atoms with Crippen molar-refractivity contribution in [3.05, 3.63) is 59.2 Å². The van der Waals surface area contributed by atoms with Crippen LogP contribution in [0.5, 0.6) is 0 Å². The van der Waals surface area contributed by atoms with Gasteiger partial charge in [0.25, 0.3) is 5.91 Å². The Morgan fingerprint density at radius 3 is 2.26 bits per heavy atom. The number of amides is 1. The maximum atomic E-state index is 12.2. The number of rotatable bonds is 3. The highest BCUT2D eigenvalue weighted by Gasteiger charge is 2.12. The van der Waals surface area contributed by atoms with Crippen LogP contribution in [0.25, 0.3) is 0 Å². The molecule has 0 saturated carbocycles. The highest BCUT2D eigenvalue weighted by atomic mass is 16.1. The molecule has 2 rings (SSSR count). The first kappa shape index (κ1) is 16.6. The second-order valence-electron chi connectivity index (χ2n) is 6.55. The van der Waals surface area contributed by atoms with E-state index in [-0.39, 0.29) is 11.4 Å². The van der Waals surface area contributed by atoms with Crippen molar-refractivity contribution in [3.8, 4) is 6.07 Å². The number of aryl methyl sites for hydroxylation is 1. The van der Waals surface area contributed by atoms with E-state index in [1.165, 1.54) is 0 Å². The predicted octanol–water partition coefficient (Wildman–Crippen LogP) is 4.33. The molecule has 0 fully saturated rings. The Bertz CT molecular complexity index is 750. The Balaban J connectivity index is 2.12. The van der Waals surface area contributed by atoms with E-state index in [1.54, 1.807) is 24.3 Å². The van der Waals surface area contributed by atoms with Crippen LogP contribution < -0.4 is 10.6 Å². The van der Waals surface area contributed by atoms with Crippen LogP contribution >= 0.6 is 0 Å². The first-order chi connectivity index (χ1) is 10.8. The minimum absolute atomic E-state index is 0.0159. The number of nitriles is 1. The van der Waals surface area contributed by atoms with Crippen LogP contribution in [0.3, 0.4) is 0 Å². The van der Waals surface area contributed by atoms with Gasteiger partial charge < -0.3 is 10.6 Å². The predicted molar refractivity (Wildman–Crippen MR) is 93.7 cm³/mol. The van der Waals surface area contributed by atoms with Gasteiger partial charge in [0.15, 0.2) is 0 Å². The lowest BCUT2D eigenvalue weighted by atomic mass is 10.1. The van der Waals surface area contributed by atoms with Gasteiger partial charge in [-0.05, 0) is 75.7 Å². The van der Waals surface area contributed by atoms with Gasteiger partial charge in [0.2, 0.25) is 0 Å². The standard InChI is InChI=1S/C19H21N3O/c1-13-11-16(9-10-17(13)22-19(2,3)4)21-18(23)15-7-5-14(12-20)6-8-15/h5-11,22H,1-4H3,(H,21,23). The number of benzene rings is 2. The molecular weight excluding hydrogens is 286 g/mol. The smallest absolute Gasteiger partial charge is 0.255 e. The summed E-state index contributed by atoms with van der Waals surface area (Å²) in [7, 11) is 0. The average Bonchev–Trinajstić information content (AvgIpc) is 2.49. The van der Waals surface area contributed by atoms with E-state index in [0.29, 0.717) is 11.1 Å². The molecule has 118 valence electrons. The quantitative estimate of drug-likeness (QED) is 0.887. The minimum atomic E-state index is -0.189. The normalized spacial score (nSPS) is 10.7. The number of carbonyl (C=O) groups excluding carboxylic acids is 1. The third-order valence-corrected chi connectivity index (χ3v) is 3.27. The first-order valence-electron chi connectivity index (χ1n) is 7.49. The zero-order valence-electron chi connectivity index (χ0n) is 13.9. The van der Waals surface area contributed by atoms with Gasteiger partial charge in [0.1, 0.15) is 0 Å². The van der Waals surface area contributed by atoms with Crippen molar-refractivity contribution < 1.29 is 4.79 Å². The molecule has 0 atom stereocenters. The van der Waals surface area contributed by atoms with Gasteiger partial charge in [0, 0.05) is 22.5 Å². The van der Waals surface area contributed by atoms with Crippen molar-refractivity contribution in [2.24, 2.45) is 0 Å². The molecular formula is C19H21N3O. The van der Waals surface area contributed by atoms with E-state index in [0.717, 1.165) is 16.9 Å². The SMILES string of the molecule is Cc1cc(NC(=O)c2ccc(C#N)cc2)ccc1NC(C)(C)C. The summed E-state index contributed by atoms with van der Waals surface area (Å²) >= 11 is 0. The fraction of sp³-hybridized carbons (Fsp3) is 0.263. The Labute approximate surface area is 137 Å². The second-order valence-corrected chi connectivity index (χ2v) is 6.55. The molecule has 0 unspecified atom stereocenters. The summed E-state index contributed by atoms with van der Waals surface area (Å²) in [5.41, 5.74) is 3.91. The minimum Gasteiger partial charge on any atom is -0.380 e. The van der Waals surface area contributed by atoms with E-state index >= 15 is 0 Å². The molecule has 0 radical (unpaired) electrons. The Hall–Kier alpha value is -2.80. The molecule has 0 saturated heterocycles. The molecule has 2 aromatic carbocycles.